The van der Waals surface area contributed by atoms with Crippen LogP contribution in [0.15, 0.2) is 47.4 Å². The van der Waals surface area contributed by atoms with Crippen molar-refractivity contribution in [2.75, 3.05) is 18.5 Å². The molecule has 3 aromatic rings. The van der Waals surface area contributed by atoms with Gasteiger partial charge >= 0.3 is 0 Å². The smallest absolute Gasteiger partial charge is 0.269 e. The molecule has 124 valence electrons. The molecule has 0 unspecified atom stereocenters. The molecule has 0 amide bonds. The van der Waals surface area contributed by atoms with Gasteiger partial charge in [0.15, 0.2) is 0 Å². The highest BCUT2D eigenvalue weighted by molar-refractivity contribution is 7.05. The average molecular weight is 341 g/mol. The van der Waals surface area contributed by atoms with Crippen LogP contribution in [0.5, 0.6) is 0 Å². The van der Waals surface area contributed by atoms with Crippen LogP contribution in [-0.2, 0) is 13.0 Å². The van der Waals surface area contributed by atoms with Crippen LogP contribution in [0.3, 0.4) is 0 Å². The van der Waals surface area contributed by atoms with Crippen molar-refractivity contribution < 1.29 is 0 Å². The van der Waals surface area contributed by atoms with Crippen LogP contribution in [-0.4, -0.2) is 33.0 Å². The number of likely N-dealkylation sites (N-methyl/N-ethyl adjacent to an activating group) is 1. The van der Waals surface area contributed by atoms with Gasteiger partial charge in [-0.15, -0.1) is 5.10 Å². The lowest BCUT2D eigenvalue weighted by Crippen LogP contribution is -2.27. The van der Waals surface area contributed by atoms with Crippen molar-refractivity contribution in [1.82, 2.24) is 19.4 Å². The summed E-state index contributed by atoms with van der Waals surface area (Å²) in [6.45, 7) is 3.12. The molecule has 0 fully saturated rings. The van der Waals surface area contributed by atoms with Crippen LogP contribution >= 0.6 is 11.5 Å². The Kier molecular flexibility index (Phi) is 5.00. The van der Waals surface area contributed by atoms with Gasteiger partial charge in [0, 0.05) is 19.7 Å². The molecule has 6 nitrogen and oxygen atoms in total. The molecule has 0 aliphatic heterocycles. The van der Waals surface area contributed by atoms with Gasteiger partial charge in [0.25, 0.3) is 5.56 Å². The van der Waals surface area contributed by atoms with Crippen LogP contribution in [0.1, 0.15) is 16.1 Å². The number of aryl methyl sites for hydroxylation is 1. The highest BCUT2D eigenvalue weighted by atomic mass is 32.1. The Bertz CT molecular complexity index is 859. The first-order valence-corrected chi connectivity index (χ1v) is 8.51. The molecule has 2 aromatic heterocycles. The molecule has 0 aliphatic carbocycles. The quantitative estimate of drug-likeness (QED) is 0.687. The van der Waals surface area contributed by atoms with Gasteiger partial charge in [-0.3, -0.25) is 4.79 Å². The number of anilines is 1. The first kappa shape index (κ1) is 16.3. The zero-order valence-corrected chi connectivity index (χ0v) is 14.5. The Balaban J connectivity index is 1.67. The highest BCUT2D eigenvalue weighted by Gasteiger charge is 2.09. The third-order valence-corrected chi connectivity index (χ3v) is 4.72. The maximum atomic E-state index is 12.3. The number of aromatic nitrogens is 4. The van der Waals surface area contributed by atoms with E-state index in [1.165, 1.54) is 21.8 Å². The van der Waals surface area contributed by atoms with Gasteiger partial charge in [-0.1, -0.05) is 34.8 Å². The Hall–Kier alpha value is -2.54. The molecule has 0 aliphatic rings. The van der Waals surface area contributed by atoms with Gasteiger partial charge < -0.3 is 4.90 Å². The van der Waals surface area contributed by atoms with Crippen molar-refractivity contribution in [1.29, 1.82) is 0 Å². The van der Waals surface area contributed by atoms with Crippen molar-refractivity contribution in [2.24, 2.45) is 0 Å². The summed E-state index contributed by atoms with van der Waals surface area (Å²) in [5.41, 5.74) is 2.83. The van der Waals surface area contributed by atoms with Crippen molar-refractivity contribution in [3.05, 3.63) is 69.1 Å². The second kappa shape index (κ2) is 7.35. The summed E-state index contributed by atoms with van der Waals surface area (Å²) in [5.74, 6) is 0. The molecule has 0 N–H and O–H groups in total. The first-order chi connectivity index (χ1) is 11.6. The Morgan fingerprint density at radius 1 is 1.25 bits per heavy atom. The van der Waals surface area contributed by atoms with Crippen LogP contribution in [0.25, 0.3) is 0 Å². The molecule has 0 saturated carbocycles. The van der Waals surface area contributed by atoms with Crippen LogP contribution in [0, 0.1) is 6.92 Å². The molecular formula is C17H19N5OS. The van der Waals surface area contributed by atoms with E-state index in [0.717, 1.165) is 29.2 Å². The van der Waals surface area contributed by atoms with Gasteiger partial charge in [0.1, 0.15) is 0 Å². The predicted octanol–water partition coefficient (Wildman–Crippen LogP) is 2.13. The minimum absolute atomic E-state index is 0.119. The van der Waals surface area contributed by atoms with Gasteiger partial charge in [0.05, 0.1) is 29.0 Å². The Labute approximate surface area is 144 Å². The third-order valence-electron chi connectivity index (χ3n) is 3.91. The fourth-order valence-electron chi connectivity index (χ4n) is 2.35. The summed E-state index contributed by atoms with van der Waals surface area (Å²) in [4.78, 5) is 15.3. The van der Waals surface area contributed by atoms with Crippen LogP contribution in [0.2, 0.25) is 0 Å². The molecular weight excluding hydrogens is 322 g/mol. The summed E-state index contributed by atoms with van der Waals surface area (Å²) >= 11 is 1.30. The summed E-state index contributed by atoms with van der Waals surface area (Å²) in [5, 5.41) is 8.24. The fraction of sp³-hybridized carbons (Fsp3) is 0.294. The normalized spacial score (nSPS) is 10.8. The number of nitrogens with zero attached hydrogens (tertiary/aromatic N) is 5. The lowest BCUT2D eigenvalue weighted by Gasteiger charge is -2.19. The van der Waals surface area contributed by atoms with E-state index in [4.69, 9.17) is 0 Å². The molecule has 0 saturated heterocycles. The molecule has 2 heterocycles. The molecule has 3 rings (SSSR count). The Morgan fingerprint density at radius 2 is 2.04 bits per heavy atom. The predicted molar refractivity (Wildman–Crippen MR) is 95.7 cm³/mol. The van der Waals surface area contributed by atoms with Crippen LogP contribution < -0.4 is 10.5 Å². The van der Waals surface area contributed by atoms with Crippen molar-refractivity contribution >= 4 is 17.2 Å². The highest BCUT2D eigenvalue weighted by Crippen LogP contribution is 2.12. The van der Waals surface area contributed by atoms with E-state index >= 15 is 0 Å². The minimum atomic E-state index is -0.119. The van der Waals surface area contributed by atoms with Crippen molar-refractivity contribution in [2.45, 2.75) is 19.9 Å². The van der Waals surface area contributed by atoms with Gasteiger partial charge in [0.2, 0.25) is 0 Å². The standard InChI is InChI=1S/C17H19N5OS/c1-13-16(24-20-19-13)12-22-17(23)10-15(11-18-22)21(2)9-8-14-6-4-3-5-7-14/h3-7,10-11H,8-9,12H2,1-2H3. The van der Waals surface area contributed by atoms with E-state index in [9.17, 15) is 4.79 Å². The second-order valence-electron chi connectivity index (χ2n) is 5.65. The number of benzene rings is 1. The van der Waals surface area contributed by atoms with E-state index < -0.39 is 0 Å². The lowest BCUT2D eigenvalue weighted by molar-refractivity contribution is 0.640. The molecule has 24 heavy (non-hydrogen) atoms. The molecule has 0 spiro atoms. The Morgan fingerprint density at radius 3 is 2.71 bits per heavy atom. The topological polar surface area (TPSA) is 63.9 Å². The van der Waals surface area contributed by atoms with Gasteiger partial charge in [-0.05, 0) is 30.4 Å². The molecule has 1 aromatic carbocycles. The summed E-state index contributed by atoms with van der Waals surface area (Å²) < 4.78 is 5.33. The summed E-state index contributed by atoms with van der Waals surface area (Å²) in [7, 11) is 1.97. The number of rotatable bonds is 6. The molecule has 0 bridgehead atoms. The van der Waals surface area contributed by atoms with E-state index in [-0.39, 0.29) is 5.56 Å². The number of hydrogen-bond acceptors (Lipinski definition) is 6. The monoisotopic (exact) mass is 341 g/mol. The molecule has 0 radical (unpaired) electrons. The second-order valence-corrected chi connectivity index (χ2v) is 6.49. The molecule has 0 atom stereocenters. The average Bonchev–Trinajstić information content (AvgIpc) is 3.00. The van der Waals surface area contributed by atoms with E-state index in [1.54, 1.807) is 12.3 Å². The first-order valence-electron chi connectivity index (χ1n) is 7.73. The van der Waals surface area contributed by atoms with Crippen LogP contribution in [0.4, 0.5) is 5.69 Å². The minimum Gasteiger partial charge on any atom is -0.373 e. The summed E-state index contributed by atoms with van der Waals surface area (Å²) in [6, 6.07) is 11.9. The summed E-state index contributed by atoms with van der Waals surface area (Å²) in [6.07, 6.45) is 2.66. The van der Waals surface area contributed by atoms with Crippen molar-refractivity contribution in [3.8, 4) is 0 Å². The zero-order chi connectivity index (χ0) is 16.9. The number of hydrogen-bond donors (Lipinski definition) is 0. The largest absolute Gasteiger partial charge is 0.373 e. The fourth-order valence-corrected chi connectivity index (χ4v) is 2.97. The molecule has 7 heteroatoms. The van der Waals surface area contributed by atoms with E-state index in [2.05, 4.69) is 26.8 Å². The SMILES string of the molecule is Cc1nnsc1Cn1ncc(N(C)CCc2ccccc2)cc1=O. The van der Waals surface area contributed by atoms with E-state index in [1.807, 2.05) is 37.1 Å². The van der Waals surface area contributed by atoms with E-state index in [0.29, 0.717) is 6.54 Å². The lowest BCUT2D eigenvalue weighted by atomic mass is 10.1. The third kappa shape index (κ3) is 3.86. The van der Waals surface area contributed by atoms with Gasteiger partial charge in [-0.2, -0.15) is 5.10 Å². The zero-order valence-electron chi connectivity index (χ0n) is 13.7. The maximum absolute atomic E-state index is 12.3. The maximum Gasteiger partial charge on any atom is 0.269 e. The van der Waals surface area contributed by atoms with Gasteiger partial charge in [-0.25, -0.2) is 4.68 Å². The van der Waals surface area contributed by atoms with Crippen molar-refractivity contribution in [3.63, 3.8) is 0 Å².